The molecule has 2 unspecified atom stereocenters. The maximum absolute atomic E-state index is 11.9. The molecule has 17 heavy (non-hydrogen) atoms. The van der Waals surface area contributed by atoms with Crippen LogP contribution >= 0.6 is 15.9 Å². The number of aryl methyl sites for hydroxylation is 1. The van der Waals surface area contributed by atoms with E-state index in [0.29, 0.717) is 0 Å². The summed E-state index contributed by atoms with van der Waals surface area (Å²) < 4.78 is 0.979. The van der Waals surface area contributed by atoms with E-state index in [1.807, 2.05) is 39.0 Å². The van der Waals surface area contributed by atoms with Crippen molar-refractivity contribution < 1.29 is 4.79 Å². The van der Waals surface area contributed by atoms with E-state index in [4.69, 9.17) is 5.73 Å². The number of nitrogens with one attached hydrogen (secondary N) is 1. The van der Waals surface area contributed by atoms with E-state index in [9.17, 15) is 4.79 Å². The molecule has 0 aliphatic rings. The average Bonchev–Trinajstić information content (AvgIpc) is 2.31. The zero-order valence-electron chi connectivity index (χ0n) is 10.5. The number of carbonyl (C=O) groups excluding carboxylic acids is 1. The number of amides is 1. The van der Waals surface area contributed by atoms with Crippen LogP contribution in [0.15, 0.2) is 22.7 Å². The lowest BCUT2D eigenvalue weighted by molar-refractivity contribution is -0.118. The van der Waals surface area contributed by atoms with Gasteiger partial charge in [0.05, 0.1) is 6.04 Å². The highest BCUT2D eigenvalue weighted by molar-refractivity contribution is 9.10. The van der Waals surface area contributed by atoms with Crippen LogP contribution in [-0.2, 0) is 4.79 Å². The van der Waals surface area contributed by atoms with Gasteiger partial charge in [-0.25, -0.2) is 0 Å². The molecule has 3 N–H and O–H groups in total. The molecule has 4 heteroatoms. The summed E-state index contributed by atoms with van der Waals surface area (Å²) >= 11 is 3.43. The molecule has 1 rings (SSSR count). The molecule has 0 spiro atoms. The monoisotopic (exact) mass is 298 g/mol. The predicted molar refractivity (Wildman–Crippen MR) is 74.9 cm³/mol. The first kappa shape index (κ1) is 14.2. The van der Waals surface area contributed by atoms with Gasteiger partial charge in [-0.2, -0.15) is 0 Å². The first-order valence-corrected chi connectivity index (χ1v) is 6.57. The lowest BCUT2D eigenvalue weighted by atomic mass is 9.99. The molecule has 1 aromatic carbocycles. The van der Waals surface area contributed by atoms with Crippen molar-refractivity contribution in [1.29, 1.82) is 0 Å². The van der Waals surface area contributed by atoms with E-state index in [0.717, 1.165) is 22.1 Å². The van der Waals surface area contributed by atoms with E-state index in [-0.39, 0.29) is 11.8 Å². The van der Waals surface area contributed by atoms with Crippen molar-refractivity contribution >= 4 is 27.5 Å². The van der Waals surface area contributed by atoms with E-state index in [1.54, 1.807) is 0 Å². The molecule has 2 atom stereocenters. The Bertz CT molecular complexity index is 406. The molecule has 1 amide bonds. The average molecular weight is 299 g/mol. The maximum Gasteiger partial charge on any atom is 0.241 e. The van der Waals surface area contributed by atoms with Crippen molar-refractivity contribution in [3.63, 3.8) is 0 Å². The smallest absolute Gasteiger partial charge is 0.241 e. The van der Waals surface area contributed by atoms with Gasteiger partial charge in [0.2, 0.25) is 5.91 Å². The summed E-state index contributed by atoms with van der Waals surface area (Å²) in [6.07, 6.45) is 0.895. The van der Waals surface area contributed by atoms with E-state index >= 15 is 0 Å². The molecule has 0 fully saturated rings. The second-order valence-corrected chi connectivity index (χ2v) is 5.22. The number of benzene rings is 1. The van der Waals surface area contributed by atoms with Crippen LogP contribution in [0.25, 0.3) is 0 Å². The summed E-state index contributed by atoms with van der Waals surface area (Å²) in [5.41, 5.74) is 7.77. The van der Waals surface area contributed by atoms with Gasteiger partial charge in [-0.1, -0.05) is 42.3 Å². The molecule has 0 heterocycles. The minimum absolute atomic E-state index is 0.130. The van der Waals surface area contributed by atoms with Gasteiger partial charge in [-0.05, 0) is 30.5 Å². The second kappa shape index (κ2) is 6.17. The normalized spacial score (nSPS) is 14.2. The molecule has 0 aliphatic heterocycles. The number of anilines is 1. The third-order valence-electron chi connectivity index (χ3n) is 3.00. The third-order valence-corrected chi connectivity index (χ3v) is 3.85. The van der Waals surface area contributed by atoms with E-state index < -0.39 is 6.04 Å². The highest BCUT2D eigenvalue weighted by atomic mass is 79.9. The van der Waals surface area contributed by atoms with Gasteiger partial charge in [-0.15, -0.1) is 0 Å². The Balaban J connectivity index is 2.71. The molecule has 0 radical (unpaired) electrons. The standard InChI is InChI=1S/C13H19BrN2O/c1-4-8(2)12(15)13(17)16-10-6-5-9(3)11(14)7-10/h5-8,12H,4,15H2,1-3H3,(H,16,17). The summed E-state index contributed by atoms with van der Waals surface area (Å²) in [5.74, 6) is 0.0546. The Morgan fingerprint density at radius 3 is 2.71 bits per heavy atom. The van der Waals surface area contributed by atoms with Crippen LogP contribution < -0.4 is 11.1 Å². The van der Waals surface area contributed by atoms with Crippen LogP contribution in [0.4, 0.5) is 5.69 Å². The Hall–Kier alpha value is -0.870. The Kier molecular flexibility index (Phi) is 5.15. The predicted octanol–water partition coefficient (Wildman–Crippen LogP) is 3.07. The fraction of sp³-hybridized carbons (Fsp3) is 0.462. The number of rotatable bonds is 4. The number of hydrogen-bond acceptors (Lipinski definition) is 2. The summed E-state index contributed by atoms with van der Waals surface area (Å²) in [7, 11) is 0. The molecular formula is C13H19BrN2O. The Morgan fingerprint density at radius 1 is 1.53 bits per heavy atom. The van der Waals surface area contributed by atoms with Crippen molar-refractivity contribution in [2.24, 2.45) is 11.7 Å². The van der Waals surface area contributed by atoms with Gasteiger partial charge in [0.15, 0.2) is 0 Å². The highest BCUT2D eigenvalue weighted by Gasteiger charge is 2.19. The SMILES string of the molecule is CCC(C)C(N)C(=O)Nc1ccc(C)c(Br)c1. The minimum atomic E-state index is -0.458. The summed E-state index contributed by atoms with van der Waals surface area (Å²) in [6.45, 7) is 6.01. The zero-order chi connectivity index (χ0) is 13.0. The Labute approximate surface area is 111 Å². The van der Waals surface area contributed by atoms with Crippen molar-refractivity contribution in [3.05, 3.63) is 28.2 Å². The fourth-order valence-electron chi connectivity index (χ4n) is 1.41. The molecule has 0 aliphatic carbocycles. The quantitative estimate of drug-likeness (QED) is 0.897. The molecule has 0 saturated heterocycles. The summed E-state index contributed by atoms with van der Waals surface area (Å²) in [5, 5.41) is 2.83. The van der Waals surface area contributed by atoms with Crippen molar-refractivity contribution in [2.45, 2.75) is 33.2 Å². The minimum Gasteiger partial charge on any atom is -0.325 e. The first-order chi connectivity index (χ1) is 7.95. The van der Waals surface area contributed by atoms with Crippen LogP contribution in [0, 0.1) is 12.8 Å². The van der Waals surface area contributed by atoms with Crippen LogP contribution in [0.5, 0.6) is 0 Å². The molecule has 0 saturated carbocycles. The molecule has 94 valence electrons. The maximum atomic E-state index is 11.9. The summed E-state index contributed by atoms with van der Waals surface area (Å²) in [4.78, 5) is 11.9. The largest absolute Gasteiger partial charge is 0.325 e. The zero-order valence-corrected chi connectivity index (χ0v) is 12.0. The van der Waals surface area contributed by atoms with Gasteiger partial charge in [0.1, 0.15) is 0 Å². The van der Waals surface area contributed by atoms with Gasteiger partial charge in [-0.3, -0.25) is 4.79 Å². The van der Waals surface area contributed by atoms with Crippen LogP contribution in [0.2, 0.25) is 0 Å². The molecular weight excluding hydrogens is 280 g/mol. The first-order valence-electron chi connectivity index (χ1n) is 5.78. The Morgan fingerprint density at radius 2 is 2.18 bits per heavy atom. The van der Waals surface area contributed by atoms with Gasteiger partial charge in [0.25, 0.3) is 0 Å². The molecule has 1 aromatic rings. The highest BCUT2D eigenvalue weighted by Crippen LogP contribution is 2.21. The van der Waals surface area contributed by atoms with Crippen molar-refractivity contribution in [1.82, 2.24) is 0 Å². The van der Waals surface area contributed by atoms with Gasteiger partial charge < -0.3 is 11.1 Å². The van der Waals surface area contributed by atoms with E-state index in [2.05, 4.69) is 21.2 Å². The van der Waals surface area contributed by atoms with Gasteiger partial charge >= 0.3 is 0 Å². The lowest BCUT2D eigenvalue weighted by Crippen LogP contribution is -2.40. The number of nitrogens with two attached hydrogens (primary N) is 1. The van der Waals surface area contributed by atoms with Crippen LogP contribution in [0.1, 0.15) is 25.8 Å². The lowest BCUT2D eigenvalue weighted by Gasteiger charge is -2.17. The molecule has 0 aromatic heterocycles. The van der Waals surface area contributed by atoms with E-state index in [1.165, 1.54) is 0 Å². The van der Waals surface area contributed by atoms with Crippen LogP contribution in [-0.4, -0.2) is 11.9 Å². The number of carbonyl (C=O) groups is 1. The second-order valence-electron chi connectivity index (χ2n) is 4.36. The summed E-state index contributed by atoms with van der Waals surface area (Å²) in [6, 6.07) is 5.26. The molecule has 3 nitrogen and oxygen atoms in total. The third kappa shape index (κ3) is 3.82. The molecule has 0 bridgehead atoms. The topological polar surface area (TPSA) is 55.1 Å². The fourth-order valence-corrected chi connectivity index (χ4v) is 1.79. The van der Waals surface area contributed by atoms with Crippen LogP contribution in [0.3, 0.4) is 0 Å². The van der Waals surface area contributed by atoms with Crippen molar-refractivity contribution in [3.8, 4) is 0 Å². The number of halogens is 1. The van der Waals surface area contributed by atoms with Crippen molar-refractivity contribution in [2.75, 3.05) is 5.32 Å². The number of hydrogen-bond donors (Lipinski definition) is 2. The van der Waals surface area contributed by atoms with Gasteiger partial charge in [0, 0.05) is 10.2 Å².